The van der Waals surface area contributed by atoms with Gasteiger partial charge in [0.1, 0.15) is 0 Å². The van der Waals surface area contributed by atoms with Crippen molar-refractivity contribution in [3.8, 4) is 0 Å². The number of rotatable bonds is 0. The minimum atomic E-state index is 0.0933. The van der Waals surface area contributed by atoms with Gasteiger partial charge in [-0.05, 0) is 51.8 Å². The SMILES string of the molecule is CC1=C(C)[C@@]2(CCN(C)[C@@H](C)C2)OC1. The average molecular weight is 195 g/mol. The van der Waals surface area contributed by atoms with Crippen molar-refractivity contribution in [3.05, 3.63) is 11.1 Å². The van der Waals surface area contributed by atoms with E-state index in [1.165, 1.54) is 11.1 Å². The Morgan fingerprint density at radius 3 is 2.64 bits per heavy atom. The van der Waals surface area contributed by atoms with E-state index >= 15 is 0 Å². The van der Waals surface area contributed by atoms with E-state index in [1.54, 1.807) is 0 Å². The molecule has 1 saturated heterocycles. The molecular formula is C12H21NO. The first-order valence-electron chi connectivity index (χ1n) is 5.56. The standard InChI is InChI=1S/C12H21NO/c1-9-8-14-12(11(9)3)5-6-13(4)10(2)7-12/h10H,5-8H2,1-4H3/t10-,12-/m0/s1. The van der Waals surface area contributed by atoms with Crippen LogP contribution in [-0.4, -0.2) is 36.7 Å². The molecular weight excluding hydrogens is 174 g/mol. The van der Waals surface area contributed by atoms with Crippen LogP contribution in [0.25, 0.3) is 0 Å². The van der Waals surface area contributed by atoms with Crippen molar-refractivity contribution in [2.45, 2.75) is 45.3 Å². The first-order chi connectivity index (χ1) is 6.55. The molecule has 0 amide bonds. The molecule has 2 atom stereocenters. The molecule has 0 aromatic rings. The van der Waals surface area contributed by atoms with Gasteiger partial charge in [-0.15, -0.1) is 0 Å². The molecule has 0 unspecified atom stereocenters. The van der Waals surface area contributed by atoms with Crippen molar-refractivity contribution in [1.29, 1.82) is 0 Å². The van der Waals surface area contributed by atoms with Crippen LogP contribution in [0.15, 0.2) is 11.1 Å². The lowest BCUT2D eigenvalue weighted by molar-refractivity contribution is -0.0431. The number of hydrogen-bond donors (Lipinski definition) is 0. The first kappa shape index (κ1) is 10.2. The van der Waals surface area contributed by atoms with E-state index in [0.29, 0.717) is 6.04 Å². The van der Waals surface area contributed by atoms with Gasteiger partial charge in [-0.25, -0.2) is 0 Å². The van der Waals surface area contributed by atoms with Gasteiger partial charge in [0.25, 0.3) is 0 Å². The second-order valence-corrected chi connectivity index (χ2v) is 4.97. The molecule has 0 aromatic heterocycles. The van der Waals surface area contributed by atoms with Crippen LogP contribution in [-0.2, 0) is 4.74 Å². The summed E-state index contributed by atoms with van der Waals surface area (Å²) in [4.78, 5) is 2.43. The summed E-state index contributed by atoms with van der Waals surface area (Å²) in [6.45, 7) is 8.76. The Hall–Kier alpha value is -0.340. The fraction of sp³-hybridized carbons (Fsp3) is 0.833. The summed E-state index contributed by atoms with van der Waals surface area (Å²) in [7, 11) is 2.21. The normalized spacial score (nSPS) is 39.9. The first-order valence-corrected chi connectivity index (χ1v) is 5.56. The summed E-state index contributed by atoms with van der Waals surface area (Å²) >= 11 is 0. The molecule has 2 heteroatoms. The molecule has 2 heterocycles. The summed E-state index contributed by atoms with van der Waals surface area (Å²) in [5.41, 5.74) is 3.04. The predicted molar refractivity (Wildman–Crippen MR) is 58.4 cm³/mol. The molecule has 0 aromatic carbocycles. The summed E-state index contributed by atoms with van der Waals surface area (Å²) in [6.07, 6.45) is 2.32. The monoisotopic (exact) mass is 195 g/mol. The summed E-state index contributed by atoms with van der Waals surface area (Å²) < 4.78 is 6.02. The van der Waals surface area contributed by atoms with Crippen LogP contribution in [0.3, 0.4) is 0 Å². The average Bonchev–Trinajstić information content (AvgIpc) is 2.42. The highest BCUT2D eigenvalue weighted by atomic mass is 16.5. The Bertz CT molecular complexity index is 271. The molecule has 2 aliphatic heterocycles. The van der Waals surface area contributed by atoms with Crippen molar-refractivity contribution in [2.75, 3.05) is 20.2 Å². The number of piperidine rings is 1. The lowest BCUT2D eigenvalue weighted by Crippen LogP contribution is -2.48. The highest BCUT2D eigenvalue weighted by Gasteiger charge is 2.42. The topological polar surface area (TPSA) is 12.5 Å². The Morgan fingerprint density at radius 2 is 2.14 bits per heavy atom. The molecule has 0 N–H and O–H groups in total. The number of nitrogens with zero attached hydrogens (tertiary/aromatic N) is 1. The van der Waals surface area contributed by atoms with Crippen molar-refractivity contribution >= 4 is 0 Å². The van der Waals surface area contributed by atoms with E-state index in [-0.39, 0.29) is 5.60 Å². The maximum atomic E-state index is 6.02. The number of ether oxygens (including phenoxy) is 1. The van der Waals surface area contributed by atoms with Crippen LogP contribution in [0, 0.1) is 0 Å². The van der Waals surface area contributed by atoms with Crippen molar-refractivity contribution < 1.29 is 4.74 Å². The van der Waals surface area contributed by atoms with Gasteiger partial charge in [0.2, 0.25) is 0 Å². The molecule has 0 bridgehead atoms. The second-order valence-electron chi connectivity index (χ2n) is 4.97. The minimum absolute atomic E-state index is 0.0933. The van der Waals surface area contributed by atoms with Gasteiger partial charge in [-0.2, -0.15) is 0 Å². The van der Waals surface area contributed by atoms with E-state index in [2.05, 4.69) is 32.7 Å². The maximum absolute atomic E-state index is 6.02. The van der Waals surface area contributed by atoms with Gasteiger partial charge in [0.05, 0.1) is 12.2 Å². The Kier molecular flexibility index (Phi) is 2.44. The van der Waals surface area contributed by atoms with Crippen LogP contribution in [0.5, 0.6) is 0 Å². The maximum Gasteiger partial charge on any atom is 0.0923 e. The van der Waals surface area contributed by atoms with Crippen LogP contribution in [0.4, 0.5) is 0 Å². The van der Waals surface area contributed by atoms with E-state index < -0.39 is 0 Å². The molecule has 2 rings (SSSR count). The smallest absolute Gasteiger partial charge is 0.0923 e. The minimum Gasteiger partial charge on any atom is -0.366 e. The highest BCUT2D eigenvalue weighted by Crippen LogP contribution is 2.41. The third-order valence-electron chi connectivity index (χ3n) is 4.13. The number of hydrogen-bond acceptors (Lipinski definition) is 2. The molecule has 0 saturated carbocycles. The molecule has 1 spiro atoms. The fourth-order valence-electron chi connectivity index (χ4n) is 2.64. The lowest BCUT2D eigenvalue weighted by Gasteiger charge is -2.42. The zero-order valence-electron chi connectivity index (χ0n) is 9.76. The van der Waals surface area contributed by atoms with E-state index in [0.717, 1.165) is 26.0 Å². The zero-order valence-corrected chi connectivity index (χ0v) is 9.76. The van der Waals surface area contributed by atoms with Gasteiger partial charge in [-0.1, -0.05) is 0 Å². The van der Waals surface area contributed by atoms with E-state index in [4.69, 9.17) is 4.74 Å². The summed E-state index contributed by atoms with van der Waals surface area (Å²) in [5, 5.41) is 0. The van der Waals surface area contributed by atoms with Crippen molar-refractivity contribution in [3.63, 3.8) is 0 Å². The second kappa shape index (κ2) is 3.35. The van der Waals surface area contributed by atoms with Crippen LogP contribution in [0.2, 0.25) is 0 Å². The molecule has 14 heavy (non-hydrogen) atoms. The molecule has 80 valence electrons. The largest absolute Gasteiger partial charge is 0.366 e. The Balaban J connectivity index is 2.19. The fourth-order valence-corrected chi connectivity index (χ4v) is 2.64. The quantitative estimate of drug-likeness (QED) is 0.549. The molecule has 2 nitrogen and oxygen atoms in total. The van der Waals surface area contributed by atoms with Gasteiger partial charge in [-0.3, -0.25) is 0 Å². The van der Waals surface area contributed by atoms with Gasteiger partial charge < -0.3 is 9.64 Å². The third-order valence-corrected chi connectivity index (χ3v) is 4.13. The van der Waals surface area contributed by atoms with Crippen LogP contribution >= 0.6 is 0 Å². The van der Waals surface area contributed by atoms with Crippen molar-refractivity contribution in [2.24, 2.45) is 0 Å². The van der Waals surface area contributed by atoms with Gasteiger partial charge in [0, 0.05) is 12.6 Å². The molecule has 0 radical (unpaired) electrons. The van der Waals surface area contributed by atoms with Gasteiger partial charge in [0.15, 0.2) is 0 Å². The Morgan fingerprint density at radius 1 is 1.43 bits per heavy atom. The summed E-state index contributed by atoms with van der Waals surface area (Å²) in [6, 6.07) is 0.643. The predicted octanol–water partition coefficient (Wildman–Crippen LogP) is 2.21. The third kappa shape index (κ3) is 1.41. The van der Waals surface area contributed by atoms with Gasteiger partial charge >= 0.3 is 0 Å². The Labute approximate surface area is 86.9 Å². The van der Waals surface area contributed by atoms with E-state index in [1.807, 2.05) is 0 Å². The molecule has 1 fully saturated rings. The number of likely N-dealkylation sites (tertiary alicyclic amines) is 1. The zero-order chi connectivity index (χ0) is 10.3. The summed E-state index contributed by atoms with van der Waals surface area (Å²) in [5.74, 6) is 0. The molecule has 0 aliphatic carbocycles. The molecule has 2 aliphatic rings. The van der Waals surface area contributed by atoms with Crippen molar-refractivity contribution in [1.82, 2.24) is 4.90 Å². The lowest BCUT2D eigenvalue weighted by atomic mass is 9.81. The van der Waals surface area contributed by atoms with Crippen LogP contribution in [0.1, 0.15) is 33.6 Å². The highest BCUT2D eigenvalue weighted by molar-refractivity contribution is 5.27. The van der Waals surface area contributed by atoms with E-state index in [9.17, 15) is 0 Å². The van der Waals surface area contributed by atoms with Crippen LogP contribution < -0.4 is 0 Å².